The number of aromatic amines is 1. The van der Waals surface area contributed by atoms with Gasteiger partial charge in [0.25, 0.3) is 0 Å². The second kappa shape index (κ2) is 15.9. The van der Waals surface area contributed by atoms with Crippen LogP contribution in [-0.2, 0) is 24.1 Å². The molecular weight excluding hydrogens is 557 g/mol. The third-order valence-corrected chi connectivity index (χ3v) is 7.88. The molecule has 0 fully saturated rings. The maximum atomic E-state index is 12.5. The van der Waals surface area contributed by atoms with Gasteiger partial charge in [-0.25, -0.2) is 0 Å². The molecule has 7 nitrogen and oxygen atoms in total. The number of pyridine rings is 1. The molecule has 0 unspecified atom stereocenters. The Morgan fingerprint density at radius 1 is 1.00 bits per heavy atom. The number of H-pyrrole nitrogens is 1. The van der Waals surface area contributed by atoms with E-state index in [0.717, 1.165) is 84.6 Å². The van der Waals surface area contributed by atoms with Crippen molar-refractivity contribution in [1.29, 1.82) is 0 Å². The van der Waals surface area contributed by atoms with Gasteiger partial charge in [-0.1, -0.05) is 37.5 Å². The lowest BCUT2D eigenvalue weighted by Crippen LogP contribution is -2.42. The number of carbonyl (C=O) groups is 1. The molecule has 9 heteroatoms. The Kier molecular flexibility index (Phi) is 12.6. The van der Waals surface area contributed by atoms with Gasteiger partial charge < -0.3 is 26.1 Å². The molecular formula is C32H43Cl2N5O2. The van der Waals surface area contributed by atoms with Crippen LogP contribution in [0.3, 0.4) is 0 Å². The molecule has 0 spiro atoms. The predicted octanol–water partition coefficient (Wildman–Crippen LogP) is 6.50. The summed E-state index contributed by atoms with van der Waals surface area (Å²) in [5.41, 5.74) is 13.3. The Morgan fingerprint density at radius 2 is 1.76 bits per heavy atom. The number of rotatable bonds is 13. The number of anilines is 1. The number of halogens is 2. The number of nitrogens with two attached hydrogens (primary N) is 1. The first-order chi connectivity index (χ1) is 19.1. The van der Waals surface area contributed by atoms with Crippen molar-refractivity contribution in [2.75, 3.05) is 25.5 Å². The van der Waals surface area contributed by atoms with E-state index < -0.39 is 6.04 Å². The number of unbranched alkanes of at least 4 members (excludes halogenated alkanes) is 4. The van der Waals surface area contributed by atoms with Crippen molar-refractivity contribution in [2.45, 2.75) is 70.3 Å². The van der Waals surface area contributed by atoms with Crippen LogP contribution >= 0.6 is 24.8 Å². The fourth-order valence-corrected chi connectivity index (χ4v) is 5.70. The second-order valence-electron chi connectivity index (χ2n) is 10.7. The van der Waals surface area contributed by atoms with E-state index in [4.69, 9.17) is 15.5 Å². The lowest BCUT2D eigenvalue weighted by atomic mass is 9.92. The van der Waals surface area contributed by atoms with Gasteiger partial charge in [0.1, 0.15) is 5.75 Å². The topological polar surface area (TPSA) is 105 Å². The number of amides is 1. The molecule has 0 saturated carbocycles. The van der Waals surface area contributed by atoms with E-state index in [1.165, 1.54) is 29.8 Å². The quantitative estimate of drug-likeness (QED) is 0.131. The smallest absolute Gasteiger partial charge is 0.237 e. The molecule has 2 aromatic heterocycles. The number of carbonyl (C=O) groups excluding carboxylic acids is 1. The predicted molar refractivity (Wildman–Crippen MR) is 174 cm³/mol. The molecule has 1 amide bonds. The van der Waals surface area contributed by atoms with Crippen molar-refractivity contribution in [1.82, 2.24) is 15.3 Å². The third-order valence-electron chi connectivity index (χ3n) is 7.88. The van der Waals surface area contributed by atoms with E-state index in [0.29, 0.717) is 13.0 Å². The first-order valence-corrected chi connectivity index (χ1v) is 14.5. The van der Waals surface area contributed by atoms with E-state index in [9.17, 15) is 4.79 Å². The lowest BCUT2D eigenvalue weighted by Gasteiger charge is -2.22. The van der Waals surface area contributed by atoms with Crippen molar-refractivity contribution >= 4 is 58.2 Å². The Hall–Kier alpha value is -3.00. The van der Waals surface area contributed by atoms with Crippen molar-refractivity contribution in [3.63, 3.8) is 0 Å². The number of ether oxygens (including phenoxy) is 1. The van der Waals surface area contributed by atoms with Gasteiger partial charge in [-0.05, 0) is 80.3 Å². The number of benzene rings is 2. The maximum Gasteiger partial charge on any atom is 0.237 e. The van der Waals surface area contributed by atoms with Crippen molar-refractivity contribution in [3.8, 4) is 5.75 Å². The average molecular weight is 601 g/mol. The van der Waals surface area contributed by atoms with Crippen LogP contribution in [0.25, 0.3) is 21.8 Å². The van der Waals surface area contributed by atoms with Gasteiger partial charge >= 0.3 is 0 Å². The summed E-state index contributed by atoms with van der Waals surface area (Å²) in [6, 6.07) is 13.7. The van der Waals surface area contributed by atoms with E-state index >= 15 is 0 Å². The van der Waals surface area contributed by atoms with Gasteiger partial charge in [0.05, 0.1) is 18.7 Å². The van der Waals surface area contributed by atoms with Gasteiger partial charge in [-0.2, -0.15) is 0 Å². The van der Waals surface area contributed by atoms with Gasteiger partial charge in [0, 0.05) is 47.0 Å². The number of nitrogens with one attached hydrogen (secondary N) is 3. The number of aromatic nitrogens is 2. The molecule has 4 aromatic rings. The van der Waals surface area contributed by atoms with Crippen LogP contribution in [0.5, 0.6) is 5.75 Å². The summed E-state index contributed by atoms with van der Waals surface area (Å²) in [4.78, 5) is 20.7. The van der Waals surface area contributed by atoms with Crippen LogP contribution in [0.2, 0.25) is 0 Å². The zero-order valence-corrected chi connectivity index (χ0v) is 25.5. The molecule has 41 heavy (non-hydrogen) atoms. The van der Waals surface area contributed by atoms with Crippen LogP contribution in [-0.4, -0.2) is 42.1 Å². The highest BCUT2D eigenvalue weighted by atomic mass is 35.5. The number of para-hydroxylation sites is 1. The molecule has 222 valence electrons. The van der Waals surface area contributed by atoms with Gasteiger partial charge in [0.15, 0.2) is 0 Å². The SMILES string of the molecule is COc1ccc2nc3c(c(NCCCCCCCNC(=O)[C@@H](N)Cc4c[nH]c5ccccc45)c2c1)CCCC3.Cl.Cl. The Bertz CT molecular complexity index is 1420. The molecule has 0 radical (unpaired) electrons. The monoisotopic (exact) mass is 599 g/mol. The largest absolute Gasteiger partial charge is 0.497 e. The van der Waals surface area contributed by atoms with Crippen molar-refractivity contribution in [3.05, 3.63) is 65.5 Å². The van der Waals surface area contributed by atoms with E-state index in [1.54, 1.807) is 7.11 Å². The lowest BCUT2D eigenvalue weighted by molar-refractivity contribution is -0.122. The molecule has 1 aliphatic carbocycles. The summed E-state index contributed by atoms with van der Waals surface area (Å²) in [6.07, 6.45) is 12.6. The first-order valence-electron chi connectivity index (χ1n) is 14.5. The number of aryl methyl sites for hydroxylation is 1. The van der Waals surface area contributed by atoms with Crippen molar-refractivity contribution in [2.24, 2.45) is 5.73 Å². The summed E-state index contributed by atoms with van der Waals surface area (Å²) in [7, 11) is 1.71. The molecule has 0 saturated heterocycles. The first kappa shape index (κ1) is 32.5. The Balaban J connectivity index is 0.00000231. The highest BCUT2D eigenvalue weighted by molar-refractivity contribution is 5.94. The van der Waals surface area contributed by atoms with Crippen LogP contribution < -0.4 is 21.1 Å². The molecule has 2 aromatic carbocycles. The van der Waals surface area contributed by atoms with Crippen LogP contribution in [0.4, 0.5) is 5.69 Å². The second-order valence-corrected chi connectivity index (χ2v) is 10.7. The summed E-state index contributed by atoms with van der Waals surface area (Å²) in [6.45, 7) is 1.62. The molecule has 1 aliphatic rings. The molecule has 0 bridgehead atoms. The van der Waals surface area contributed by atoms with Gasteiger partial charge in [0.2, 0.25) is 5.91 Å². The number of fused-ring (bicyclic) bond motifs is 3. The zero-order valence-electron chi connectivity index (χ0n) is 23.8. The summed E-state index contributed by atoms with van der Waals surface area (Å²) in [5.74, 6) is 0.795. The molecule has 0 aliphatic heterocycles. The summed E-state index contributed by atoms with van der Waals surface area (Å²) < 4.78 is 5.49. The Labute approximate surface area is 255 Å². The molecule has 2 heterocycles. The average Bonchev–Trinajstić information content (AvgIpc) is 3.37. The minimum absolute atomic E-state index is 0. The van der Waals surface area contributed by atoms with Crippen LogP contribution in [0.15, 0.2) is 48.7 Å². The van der Waals surface area contributed by atoms with Crippen LogP contribution in [0, 0.1) is 0 Å². The van der Waals surface area contributed by atoms with Gasteiger partial charge in [-0.3, -0.25) is 9.78 Å². The van der Waals surface area contributed by atoms with Crippen molar-refractivity contribution < 1.29 is 9.53 Å². The minimum Gasteiger partial charge on any atom is -0.497 e. The fraction of sp³-hybridized carbons (Fsp3) is 0.438. The third kappa shape index (κ3) is 8.06. The van der Waals surface area contributed by atoms with Crippen LogP contribution in [0.1, 0.15) is 61.8 Å². The highest BCUT2D eigenvalue weighted by Crippen LogP contribution is 2.35. The van der Waals surface area contributed by atoms with Gasteiger partial charge in [-0.15, -0.1) is 24.8 Å². The number of nitrogens with zero attached hydrogens (tertiary/aromatic N) is 1. The molecule has 5 rings (SSSR count). The number of methoxy groups -OCH3 is 1. The Morgan fingerprint density at radius 3 is 2.59 bits per heavy atom. The number of hydrogen-bond donors (Lipinski definition) is 4. The highest BCUT2D eigenvalue weighted by Gasteiger charge is 2.19. The number of hydrogen-bond acceptors (Lipinski definition) is 5. The molecule has 1 atom stereocenters. The fourth-order valence-electron chi connectivity index (χ4n) is 5.70. The molecule has 5 N–H and O–H groups in total. The maximum absolute atomic E-state index is 12.5. The van der Waals surface area contributed by atoms with E-state index in [2.05, 4.69) is 33.8 Å². The minimum atomic E-state index is -0.537. The summed E-state index contributed by atoms with van der Waals surface area (Å²) >= 11 is 0. The normalized spacial score (nSPS) is 13.1. The summed E-state index contributed by atoms with van der Waals surface area (Å²) in [5, 5.41) is 9.07. The standard InChI is InChI=1S/C32H41N5O2.2ClH/c1-39-23-15-16-30-26(20-23)31(25-12-6-8-14-29(25)37-30)34-17-9-3-2-4-10-18-35-32(38)27(33)19-22-21-36-28-13-7-5-11-24(22)28;;/h5,7,11,13,15-16,20-21,27,36H,2-4,6,8-10,12,14,17-19,33H2,1H3,(H,34,37)(H,35,38);2*1H/t27-;;/m0../s1. The van der Waals surface area contributed by atoms with E-state index in [-0.39, 0.29) is 30.7 Å². The zero-order chi connectivity index (χ0) is 27.0. The van der Waals surface area contributed by atoms with E-state index in [1.807, 2.05) is 30.5 Å².